The molecule has 0 heterocycles. The Kier molecular flexibility index (Phi) is 6.37. The summed E-state index contributed by atoms with van der Waals surface area (Å²) >= 11 is 0. The summed E-state index contributed by atoms with van der Waals surface area (Å²) in [5, 5.41) is 2.83. The van der Waals surface area contributed by atoms with Gasteiger partial charge in [-0.3, -0.25) is 9.59 Å². The maximum atomic E-state index is 12.2. The minimum Gasteiger partial charge on any atom is -0.490 e. The second kappa shape index (κ2) is 8.72. The number of hydrogen-bond acceptors (Lipinski definition) is 4. The molecule has 0 saturated heterocycles. The van der Waals surface area contributed by atoms with Gasteiger partial charge in [-0.15, -0.1) is 0 Å². The second-order valence-corrected chi connectivity index (χ2v) is 5.22. The van der Waals surface area contributed by atoms with Gasteiger partial charge in [0, 0.05) is 12.1 Å². The van der Waals surface area contributed by atoms with Crippen LogP contribution in [0.25, 0.3) is 0 Å². The number of carbonyl (C=O) groups excluding carboxylic acids is 2. The summed E-state index contributed by atoms with van der Waals surface area (Å²) in [6.07, 6.45) is 0.0532. The Morgan fingerprint density at radius 1 is 1.17 bits per heavy atom. The first-order valence-corrected chi connectivity index (χ1v) is 7.84. The molecular weight excluding hydrogens is 306 g/mol. The molecule has 126 valence electrons. The zero-order chi connectivity index (χ0) is 17.4. The summed E-state index contributed by atoms with van der Waals surface area (Å²) in [6, 6.07) is 14.5. The first kappa shape index (κ1) is 17.5. The van der Waals surface area contributed by atoms with Crippen LogP contribution in [0.15, 0.2) is 48.5 Å². The molecule has 0 aliphatic rings. The molecule has 0 aliphatic heterocycles. The standard InChI is InChI=1S/C19H21NO4/c1-3-23-18-11-16(13-21)9-10-17(18)24-14(2)19(22)20-12-15-7-5-4-6-8-15/h4-11,13-14H,3,12H2,1-2H3,(H,20,22)/t14-/m1/s1. The van der Waals surface area contributed by atoms with Gasteiger partial charge in [-0.05, 0) is 37.6 Å². The van der Waals surface area contributed by atoms with E-state index in [1.807, 2.05) is 37.3 Å². The highest BCUT2D eigenvalue weighted by Crippen LogP contribution is 2.29. The lowest BCUT2D eigenvalue weighted by molar-refractivity contribution is -0.127. The lowest BCUT2D eigenvalue weighted by Crippen LogP contribution is -2.36. The van der Waals surface area contributed by atoms with Crippen LogP contribution in [0.1, 0.15) is 29.8 Å². The smallest absolute Gasteiger partial charge is 0.261 e. The maximum Gasteiger partial charge on any atom is 0.261 e. The molecule has 2 aromatic rings. The zero-order valence-corrected chi connectivity index (χ0v) is 13.8. The van der Waals surface area contributed by atoms with Gasteiger partial charge in [0.2, 0.25) is 0 Å². The molecule has 0 radical (unpaired) electrons. The first-order chi connectivity index (χ1) is 11.6. The number of amides is 1. The van der Waals surface area contributed by atoms with Crippen molar-refractivity contribution in [2.24, 2.45) is 0 Å². The average Bonchev–Trinajstić information content (AvgIpc) is 2.62. The van der Waals surface area contributed by atoms with Crippen LogP contribution < -0.4 is 14.8 Å². The van der Waals surface area contributed by atoms with Crippen molar-refractivity contribution in [1.82, 2.24) is 5.32 Å². The van der Waals surface area contributed by atoms with E-state index in [9.17, 15) is 9.59 Å². The predicted octanol–water partition coefficient (Wildman–Crippen LogP) is 2.98. The molecule has 2 aromatic carbocycles. The number of rotatable bonds is 8. The van der Waals surface area contributed by atoms with Crippen molar-refractivity contribution in [1.29, 1.82) is 0 Å². The summed E-state index contributed by atoms with van der Waals surface area (Å²) in [7, 11) is 0. The summed E-state index contributed by atoms with van der Waals surface area (Å²) in [5.74, 6) is 0.662. The Labute approximate surface area is 141 Å². The Morgan fingerprint density at radius 2 is 1.92 bits per heavy atom. The predicted molar refractivity (Wildman–Crippen MR) is 91.4 cm³/mol. The zero-order valence-electron chi connectivity index (χ0n) is 13.8. The SMILES string of the molecule is CCOc1cc(C=O)ccc1O[C@H](C)C(=O)NCc1ccccc1. The van der Waals surface area contributed by atoms with Gasteiger partial charge in [0.25, 0.3) is 5.91 Å². The Morgan fingerprint density at radius 3 is 2.58 bits per heavy atom. The van der Waals surface area contributed by atoms with Crippen molar-refractivity contribution in [3.63, 3.8) is 0 Å². The first-order valence-electron chi connectivity index (χ1n) is 7.84. The highest BCUT2D eigenvalue weighted by molar-refractivity contribution is 5.81. The van der Waals surface area contributed by atoms with Crippen molar-refractivity contribution in [3.8, 4) is 11.5 Å². The van der Waals surface area contributed by atoms with Crippen molar-refractivity contribution in [2.75, 3.05) is 6.61 Å². The molecule has 0 fully saturated rings. The van der Waals surface area contributed by atoms with Gasteiger partial charge in [0.1, 0.15) is 6.29 Å². The third-order valence-electron chi connectivity index (χ3n) is 3.39. The molecule has 0 aromatic heterocycles. The van der Waals surface area contributed by atoms with Gasteiger partial charge < -0.3 is 14.8 Å². The highest BCUT2D eigenvalue weighted by Gasteiger charge is 2.17. The molecule has 2 rings (SSSR count). The molecule has 5 heteroatoms. The van der Waals surface area contributed by atoms with Crippen LogP contribution in [0.4, 0.5) is 0 Å². The maximum absolute atomic E-state index is 12.2. The summed E-state index contributed by atoms with van der Waals surface area (Å²) in [6.45, 7) is 4.39. The topological polar surface area (TPSA) is 64.6 Å². The van der Waals surface area contributed by atoms with Crippen LogP contribution in [0.5, 0.6) is 11.5 Å². The number of aldehydes is 1. The van der Waals surface area contributed by atoms with Crippen molar-refractivity contribution < 1.29 is 19.1 Å². The fraction of sp³-hybridized carbons (Fsp3) is 0.263. The van der Waals surface area contributed by atoms with E-state index in [0.717, 1.165) is 11.8 Å². The Hall–Kier alpha value is -2.82. The second-order valence-electron chi connectivity index (χ2n) is 5.22. The Bertz CT molecular complexity index is 685. The quantitative estimate of drug-likeness (QED) is 0.757. The van der Waals surface area contributed by atoms with Crippen LogP contribution >= 0.6 is 0 Å². The van der Waals surface area contributed by atoms with Crippen LogP contribution in [0.2, 0.25) is 0 Å². The number of carbonyl (C=O) groups is 2. The van der Waals surface area contributed by atoms with Crippen molar-refractivity contribution >= 4 is 12.2 Å². The van der Waals surface area contributed by atoms with E-state index in [0.29, 0.717) is 30.2 Å². The largest absolute Gasteiger partial charge is 0.490 e. The minimum absolute atomic E-state index is 0.222. The lowest BCUT2D eigenvalue weighted by Gasteiger charge is -2.17. The molecule has 0 bridgehead atoms. The highest BCUT2D eigenvalue weighted by atomic mass is 16.5. The normalized spacial score (nSPS) is 11.4. The van der Waals surface area contributed by atoms with Crippen LogP contribution in [-0.2, 0) is 11.3 Å². The Balaban J connectivity index is 1.99. The van der Waals surface area contributed by atoms with E-state index < -0.39 is 6.10 Å². The molecule has 0 saturated carbocycles. The van der Waals surface area contributed by atoms with Crippen LogP contribution in [-0.4, -0.2) is 24.9 Å². The number of benzene rings is 2. The molecule has 1 atom stereocenters. The van der Waals surface area contributed by atoms with Crippen LogP contribution in [0.3, 0.4) is 0 Å². The molecule has 0 unspecified atom stereocenters. The molecular formula is C19H21NO4. The van der Waals surface area contributed by atoms with Gasteiger partial charge in [0.05, 0.1) is 6.61 Å². The third-order valence-corrected chi connectivity index (χ3v) is 3.39. The van der Waals surface area contributed by atoms with Crippen molar-refractivity contribution in [3.05, 3.63) is 59.7 Å². The minimum atomic E-state index is -0.685. The van der Waals surface area contributed by atoms with Gasteiger partial charge in [-0.1, -0.05) is 30.3 Å². The van der Waals surface area contributed by atoms with Crippen LogP contribution in [0, 0.1) is 0 Å². The molecule has 5 nitrogen and oxygen atoms in total. The summed E-state index contributed by atoms with van der Waals surface area (Å²) < 4.78 is 11.2. The van der Waals surface area contributed by atoms with Crippen molar-refractivity contribution in [2.45, 2.75) is 26.5 Å². The molecule has 0 aliphatic carbocycles. The summed E-state index contributed by atoms with van der Waals surface area (Å²) in [5.41, 5.74) is 1.51. The van der Waals surface area contributed by atoms with E-state index in [1.54, 1.807) is 25.1 Å². The average molecular weight is 327 g/mol. The molecule has 24 heavy (non-hydrogen) atoms. The molecule has 1 N–H and O–H groups in total. The molecule has 1 amide bonds. The van der Waals surface area contributed by atoms with Gasteiger partial charge in [-0.2, -0.15) is 0 Å². The van der Waals surface area contributed by atoms with E-state index in [2.05, 4.69) is 5.32 Å². The van der Waals surface area contributed by atoms with E-state index in [1.165, 1.54) is 0 Å². The number of hydrogen-bond donors (Lipinski definition) is 1. The number of ether oxygens (including phenoxy) is 2. The van der Waals surface area contributed by atoms with Gasteiger partial charge in [-0.25, -0.2) is 0 Å². The fourth-order valence-corrected chi connectivity index (χ4v) is 2.14. The van der Waals surface area contributed by atoms with Gasteiger partial charge >= 0.3 is 0 Å². The lowest BCUT2D eigenvalue weighted by atomic mass is 10.2. The van der Waals surface area contributed by atoms with Gasteiger partial charge in [0.15, 0.2) is 17.6 Å². The van der Waals surface area contributed by atoms with E-state index >= 15 is 0 Å². The molecule has 0 spiro atoms. The van der Waals surface area contributed by atoms with E-state index in [4.69, 9.17) is 9.47 Å². The number of nitrogens with one attached hydrogen (secondary N) is 1. The third kappa shape index (κ3) is 4.84. The summed E-state index contributed by atoms with van der Waals surface area (Å²) in [4.78, 5) is 23.0. The fourth-order valence-electron chi connectivity index (χ4n) is 2.14. The monoisotopic (exact) mass is 327 g/mol. The van der Waals surface area contributed by atoms with E-state index in [-0.39, 0.29) is 5.91 Å².